The molecule has 0 bridgehead atoms. The van der Waals surface area contributed by atoms with E-state index in [-0.39, 0.29) is 12.5 Å². The van der Waals surface area contributed by atoms with E-state index in [0.717, 1.165) is 11.1 Å². The summed E-state index contributed by atoms with van der Waals surface area (Å²) in [4.78, 5) is 18.0. The second-order valence-electron chi connectivity index (χ2n) is 4.56. The van der Waals surface area contributed by atoms with Crippen LogP contribution in [0.4, 0.5) is 0 Å². The molecule has 0 radical (unpaired) electrons. The van der Waals surface area contributed by atoms with E-state index in [9.17, 15) is 4.79 Å². The van der Waals surface area contributed by atoms with Crippen LogP contribution >= 0.6 is 0 Å². The van der Waals surface area contributed by atoms with E-state index in [0.29, 0.717) is 19.5 Å². The van der Waals surface area contributed by atoms with Crippen molar-refractivity contribution in [2.24, 2.45) is 0 Å². The average molecular weight is 270 g/mol. The molecule has 2 rings (SSSR count). The van der Waals surface area contributed by atoms with Crippen molar-refractivity contribution in [3.63, 3.8) is 0 Å². The molecule has 0 aliphatic heterocycles. The number of carbonyl (C=O) groups is 1. The van der Waals surface area contributed by atoms with Gasteiger partial charge in [-0.05, 0) is 17.2 Å². The highest BCUT2D eigenvalue weighted by atomic mass is 16.3. The molecule has 0 atom stereocenters. The predicted octanol–water partition coefficient (Wildman–Crippen LogP) is 1.65. The maximum absolute atomic E-state index is 12.3. The zero-order valence-electron chi connectivity index (χ0n) is 11.3. The summed E-state index contributed by atoms with van der Waals surface area (Å²) in [7, 11) is 0. The first-order valence-corrected chi connectivity index (χ1v) is 6.61. The second-order valence-corrected chi connectivity index (χ2v) is 4.56. The minimum Gasteiger partial charge on any atom is -0.395 e. The first kappa shape index (κ1) is 14.2. The van der Waals surface area contributed by atoms with Crippen molar-refractivity contribution in [3.05, 3.63) is 66.0 Å². The molecule has 1 heterocycles. The Labute approximate surface area is 118 Å². The van der Waals surface area contributed by atoms with Gasteiger partial charge in [0, 0.05) is 25.5 Å². The standard InChI is InChI=1S/C16H18N2O2/c19-10-9-18(13-14-5-2-1-3-6-14)16(20)11-15-7-4-8-17-12-15/h1-8,12,19H,9-11,13H2. The summed E-state index contributed by atoms with van der Waals surface area (Å²) in [6.07, 6.45) is 3.68. The second kappa shape index (κ2) is 7.40. The van der Waals surface area contributed by atoms with Crippen molar-refractivity contribution in [2.45, 2.75) is 13.0 Å². The van der Waals surface area contributed by atoms with Crippen molar-refractivity contribution < 1.29 is 9.90 Å². The Kier molecular flexibility index (Phi) is 5.26. The zero-order chi connectivity index (χ0) is 14.2. The van der Waals surface area contributed by atoms with Gasteiger partial charge in [-0.15, -0.1) is 0 Å². The monoisotopic (exact) mass is 270 g/mol. The number of hydrogen-bond donors (Lipinski definition) is 1. The number of carbonyl (C=O) groups excluding carboxylic acids is 1. The number of hydrogen-bond acceptors (Lipinski definition) is 3. The van der Waals surface area contributed by atoms with Gasteiger partial charge in [0.1, 0.15) is 0 Å². The lowest BCUT2D eigenvalue weighted by Crippen LogP contribution is -2.34. The van der Waals surface area contributed by atoms with E-state index in [1.54, 1.807) is 17.3 Å². The molecule has 0 fully saturated rings. The van der Waals surface area contributed by atoms with E-state index in [1.165, 1.54) is 0 Å². The molecule has 1 amide bonds. The smallest absolute Gasteiger partial charge is 0.227 e. The molecule has 0 saturated carbocycles. The molecule has 0 aliphatic carbocycles. The highest BCUT2D eigenvalue weighted by molar-refractivity contribution is 5.78. The van der Waals surface area contributed by atoms with Gasteiger partial charge in [-0.25, -0.2) is 0 Å². The van der Waals surface area contributed by atoms with Crippen LogP contribution in [0.15, 0.2) is 54.9 Å². The summed E-state index contributed by atoms with van der Waals surface area (Å²) in [5.74, 6) is -0.00379. The van der Waals surface area contributed by atoms with Gasteiger partial charge in [0.05, 0.1) is 13.0 Å². The largest absolute Gasteiger partial charge is 0.395 e. The van der Waals surface area contributed by atoms with Crippen LogP contribution in [0.3, 0.4) is 0 Å². The Hall–Kier alpha value is -2.20. The van der Waals surface area contributed by atoms with Gasteiger partial charge in [0.2, 0.25) is 5.91 Å². The molecule has 4 heteroatoms. The number of aliphatic hydroxyl groups is 1. The van der Waals surface area contributed by atoms with Gasteiger partial charge in [-0.2, -0.15) is 0 Å². The third-order valence-electron chi connectivity index (χ3n) is 3.02. The maximum Gasteiger partial charge on any atom is 0.227 e. The van der Waals surface area contributed by atoms with Gasteiger partial charge in [0.25, 0.3) is 0 Å². The molecular weight excluding hydrogens is 252 g/mol. The molecule has 0 unspecified atom stereocenters. The number of benzene rings is 1. The number of nitrogens with zero attached hydrogens (tertiary/aromatic N) is 2. The summed E-state index contributed by atoms with van der Waals surface area (Å²) in [6, 6.07) is 13.5. The Bertz CT molecular complexity index is 529. The molecule has 104 valence electrons. The van der Waals surface area contributed by atoms with Crippen molar-refractivity contribution in [1.82, 2.24) is 9.88 Å². The molecule has 20 heavy (non-hydrogen) atoms. The van der Waals surface area contributed by atoms with Crippen LogP contribution in [0.25, 0.3) is 0 Å². The van der Waals surface area contributed by atoms with Crippen LogP contribution in [-0.4, -0.2) is 34.0 Å². The van der Waals surface area contributed by atoms with Crippen LogP contribution in [0.1, 0.15) is 11.1 Å². The van der Waals surface area contributed by atoms with Crippen molar-refractivity contribution >= 4 is 5.91 Å². The molecule has 0 aliphatic rings. The van der Waals surface area contributed by atoms with E-state index in [4.69, 9.17) is 5.11 Å². The quantitative estimate of drug-likeness (QED) is 0.868. The van der Waals surface area contributed by atoms with E-state index < -0.39 is 0 Å². The van der Waals surface area contributed by atoms with Crippen LogP contribution in [0, 0.1) is 0 Å². The van der Waals surface area contributed by atoms with Crippen LogP contribution in [-0.2, 0) is 17.8 Å². The van der Waals surface area contributed by atoms with Gasteiger partial charge in [-0.3, -0.25) is 9.78 Å². The third-order valence-corrected chi connectivity index (χ3v) is 3.02. The van der Waals surface area contributed by atoms with Gasteiger partial charge in [0.15, 0.2) is 0 Å². The van der Waals surface area contributed by atoms with E-state index in [2.05, 4.69) is 4.98 Å². The number of pyridine rings is 1. The Morgan fingerprint density at radius 2 is 1.85 bits per heavy atom. The maximum atomic E-state index is 12.3. The van der Waals surface area contributed by atoms with Crippen molar-refractivity contribution in [1.29, 1.82) is 0 Å². The lowest BCUT2D eigenvalue weighted by molar-refractivity contribution is -0.131. The van der Waals surface area contributed by atoms with Gasteiger partial charge < -0.3 is 10.0 Å². The fourth-order valence-corrected chi connectivity index (χ4v) is 2.01. The normalized spacial score (nSPS) is 10.2. The Morgan fingerprint density at radius 3 is 2.50 bits per heavy atom. The highest BCUT2D eigenvalue weighted by Gasteiger charge is 2.14. The lowest BCUT2D eigenvalue weighted by atomic mass is 10.1. The Balaban J connectivity index is 2.02. The molecule has 1 aromatic carbocycles. The van der Waals surface area contributed by atoms with Gasteiger partial charge >= 0.3 is 0 Å². The Morgan fingerprint density at radius 1 is 1.10 bits per heavy atom. The number of amides is 1. The lowest BCUT2D eigenvalue weighted by Gasteiger charge is -2.22. The molecule has 2 aromatic rings. The highest BCUT2D eigenvalue weighted by Crippen LogP contribution is 2.07. The van der Waals surface area contributed by atoms with Crippen LogP contribution in [0.5, 0.6) is 0 Å². The van der Waals surface area contributed by atoms with E-state index >= 15 is 0 Å². The molecule has 1 aromatic heterocycles. The summed E-state index contributed by atoms with van der Waals surface area (Å²) in [5, 5.41) is 9.12. The minimum atomic E-state index is -0.0361. The zero-order valence-corrected chi connectivity index (χ0v) is 11.3. The van der Waals surface area contributed by atoms with Crippen molar-refractivity contribution in [2.75, 3.05) is 13.2 Å². The summed E-state index contributed by atoms with van der Waals surface area (Å²) in [5.41, 5.74) is 1.94. The summed E-state index contributed by atoms with van der Waals surface area (Å²) < 4.78 is 0. The van der Waals surface area contributed by atoms with Crippen LogP contribution < -0.4 is 0 Å². The molecule has 0 spiro atoms. The van der Waals surface area contributed by atoms with Gasteiger partial charge in [-0.1, -0.05) is 36.4 Å². The fraction of sp³-hybridized carbons (Fsp3) is 0.250. The topological polar surface area (TPSA) is 53.4 Å². The van der Waals surface area contributed by atoms with Crippen LogP contribution in [0.2, 0.25) is 0 Å². The van der Waals surface area contributed by atoms with Crippen molar-refractivity contribution in [3.8, 4) is 0 Å². The van der Waals surface area contributed by atoms with E-state index in [1.807, 2.05) is 42.5 Å². The SMILES string of the molecule is O=C(Cc1cccnc1)N(CCO)Cc1ccccc1. The number of aromatic nitrogens is 1. The molecule has 0 saturated heterocycles. The number of rotatable bonds is 6. The molecule has 4 nitrogen and oxygen atoms in total. The molecule has 1 N–H and O–H groups in total. The average Bonchev–Trinajstić information content (AvgIpc) is 2.49. The summed E-state index contributed by atoms with van der Waals surface area (Å²) in [6.45, 7) is 0.820. The minimum absolute atomic E-state index is 0.00379. The summed E-state index contributed by atoms with van der Waals surface area (Å²) >= 11 is 0. The third kappa shape index (κ3) is 4.17. The first-order valence-electron chi connectivity index (χ1n) is 6.61. The molecular formula is C16H18N2O2. The fourth-order valence-electron chi connectivity index (χ4n) is 2.01. The predicted molar refractivity (Wildman–Crippen MR) is 76.9 cm³/mol. The number of aliphatic hydroxyl groups excluding tert-OH is 1. The first-order chi connectivity index (χ1) is 9.79.